The number of benzene rings is 1. The maximum absolute atomic E-state index is 13.0. The van der Waals surface area contributed by atoms with Crippen LogP contribution in [0.2, 0.25) is 0 Å². The van der Waals surface area contributed by atoms with Crippen molar-refractivity contribution in [2.45, 2.75) is 62.4 Å². The summed E-state index contributed by atoms with van der Waals surface area (Å²) in [5.41, 5.74) is 1.81. The molecule has 1 saturated heterocycles. The van der Waals surface area contributed by atoms with E-state index in [-0.39, 0.29) is 16.9 Å². The average molecular weight is 428 g/mol. The lowest BCUT2D eigenvalue weighted by atomic mass is 10.0. The Morgan fingerprint density at radius 1 is 1.17 bits per heavy atom. The van der Waals surface area contributed by atoms with Gasteiger partial charge in [0.1, 0.15) is 0 Å². The number of amides is 1. The van der Waals surface area contributed by atoms with Gasteiger partial charge in [0.05, 0.1) is 5.25 Å². The van der Waals surface area contributed by atoms with Gasteiger partial charge in [0.25, 0.3) is 0 Å². The smallest absolute Gasteiger partial charge is 0.228 e. The first-order valence-corrected chi connectivity index (χ1v) is 11.6. The second-order valence-electron chi connectivity index (χ2n) is 8.13. The van der Waals surface area contributed by atoms with Crippen molar-refractivity contribution in [2.24, 2.45) is 0 Å². The lowest BCUT2D eigenvalue weighted by molar-refractivity contribution is -0.118. The van der Waals surface area contributed by atoms with E-state index in [1.165, 1.54) is 31.5 Å². The first kappa shape index (κ1) is 20.9. The van der Waals surface area contributed by atoms with Crippen LogP contribution >= 0.6 is 11.8 Å². The summed E-state index contributed by atoms with van der Waals surface area (Å²) in [5, 5.41) is 12.3. The summed E-state index contributed by atoms with van der Waals surface area (Å²) in [6.07, 6.45) is 5.48. The van der Waals surface area contributed by atoms with Crippen LogP contribution < -0.4 is 10.2 Å². The quantitative estimate of drug-likeness (QED) is 0.489. The fraction of sp³-hybridized carbons (Fsp3) is 0.545. The summed E-state index contributed by atoms with van der Waals surface area (Å²) in [6, 6.07) is 8.16. The molecule has 1 saturated carbocycles. The number of carbonyl (C=O) groups excluding carboxylic acids is 2. The number of carbonyl (C=O) groups is 2. The van der Waals surface area contributed by atoms with Crippen LogP contribution in [-0.2, 0) is 11.2 Å². The van der Waals surface area contributed by atoms with Gasteiger partial charge in [-0.3, -0.25) is 14.2 Å². The van der Waals surface area contributed by atoms with Crippen molar-refractivity contribution in [3.05, 3.63) is 35.4 Å². The Hall–Kier alpha value is -2.35. The highest BCUT2D eigenvalue weighted by Gasteiger charge is 2.33. The summed E-state index contributed by atoms with van der Waals surface area (Å²) in [6.45, 7) is 6.14. The number of thioether (sulfide) groups is 1. The van der Waals surface area contributed by atoms with Crippen molar-refractivity contribution >= 4 is 29.4 Å². The third-order valence-electron chi connectivity index (χ3n) is 5.62. The molecular weight excluding hydrogens is 398 g/mol. The van der Waals surface area contributed by atoms with E-state index in [2.05, 4.69) is 25.0 Å². The number of ketones is 1. The summed E-state index contributed by atoms with van der Waals surface area (Å²) >= 11 is 1.51. The monoisotopic (exact) mass is 427 g/mol. The number of hydrogen-bond acceptors (Lipinski definition) is 6. The molecule has 2 aliphatic rings. The minimum atomic E-state index is -0.233. The minimum absolute atomic E-state index is 0.0282. The molecule has 0 spiro atoms. The van der Waals surface area contributed by atoms with E-state index in [1.807, 2.05) is 31.2 Å². The van der Waals surface area contributed by atoms with Crippen LogP contribution in [0.1, 0.15) is 61.5 Å². The summed E-state index contributed by atoms with van der Waals surface area (Å²) < 4.78 is 2.25. The molecule has 2 aromatic rings. The predicted molar refractivity (Wildman–Crippen MR) is 118 cm³/mol. The molecule has 30 heavy (non-hydrogen) atoms. The van der Waals surface area contributed by atoms with Crippen molar-refractivity contribution in [1.29, 1.82) is 0 Å². The standard InChI is InChI=1S/C22H29N5O2S/c1-15(20(29)18-7-5-17(6-8-18)11-12-23-16(2)28)30-22-25-24-21(26-13-3-4-14-26)27(22)19-9-10-19/h5-8,15,19H,3-4,9-14H2,1-2H3,(H,23,28). The van der Waals surface area contributed by atoms with Crippen molar-refractivity contribution < 1.29 is 9.59 Å². The maximum Gasteiger partial charge on any atom is 0.228 e. The highest BCUT2D eigenvalue weighted by Crippen LogP contribution is 2.42. The Labute approximate surface area is 181 Å². The van der Waals surface area contributed by atoms with Gasteiger partial charge in [-0.05, 0) is 44.6 Å². The van der Waals surface area contributed by atoms with Crippen LogP contribution in [0.4, 0.5) is 5.95 Å². The van der Waals surface area contributed by atoms with E-state index in [1.54, 1.807) is 0 Å². The van der Waals surface area contributed by atoms with Crippen LogP contribution in [-0.4, -0.2) is 51.3 Å². The highest BCUT2D eigenvalue weighted by atomic mass is 32.2. The number of anilines is 1. The van der Waals surface area contributed by atoms with E-state index in [9.17, 15) is 9.59 Å². The van der Waals surface area contributed by atoms with Crippen LogP contribution in [0.15, 0.2) is 29.4 Å². The van der Waals surface area contributed by atoms with Crippen LogP contribution in [0.25, 0.3) is 0 Å². The molecule has 0 radical (unpaired) electrons. The minimum Gasteiger partial charge on any atom is -0.356 e. The summed E-state index contributed by atoms with van der Waals surface area (Å²) in [4.78, 5) is 26.3. The number of rotatable bonds is 9. The molecule has 4 rings (SSSR count). The fourth-order valence-electron chi connectivity index (χ4n) is 3.80. The maximum atomic E-state index is 13.0. The van der Waals surface area contributed by atoms with Crippen molar-refractivity contribution in [3.63, 3.8) is 0 Å². The van der Waals surface area contributed by atoms with Gasteiger partial charge >= 0.3 is 0 Å². The third-order valence-corrected chi connectivity index (χ3v) is 6.68. The van der Waals surface area contributed by atoms with E-state index in [0.717, 1.165) is 49.0 Å². The second-order valence-corrected chi connectivity index (χ2v) is 9.44. The molecule has 1 aliphatic carbocycles. The molecule has 1 aromatic carbocycles. The lowest BCUT2D eigenvalue weighted by Crippen LogP contribution is -2.22. The van der Waals surface area contributed by atoms with Gasteiger partial charge in [-0.25, -0.2) is 0 Å². The molecule has 1 aliphatic heterocycles. The van der Waals surface area contributed by atoms with Crippen LogP contribution in [0.3, 0.4) is 0 Å². The molecule has 2 heterocycles. The predicted octanol–water partition coefficient (Wildman–Crippen LogP) is 3.26. The molecule has 1 amide bonds. The van der Waals surface area contributed by atoms with E-state index < -0.39 is 0 Å². The van der Waals surface area contributed by atoms with Crippen molar-refractivity contribution in [1.82, 2.24) is 20.1 Å². The zero-order chi connectivity index (χ0) is 21.1. The Balaban J connectivity index is 1.40. The molecule has 1 atom stereocenters. The molecule has 7 nitrogen and oxygen atoms in total. The highest BCUT2D eigenvalue weighted by molar-refractivity contribution is 8.00. The normalized spacial score (nSPS) is 17.2. The number of nitrogens with one attached hydrogen (secondary N) is 1. The van der Waals surface area contributed by atoms with E-state index >= 15 is 0 Å². The molecule has 1 N–H and O–H groups in total. The Morgan fingerprint density at radius 3 is 2.50 bits per heavy atom. The topological polar surface area (TPSA) is 80.1 Å². The van der Waals surface area contributed by atoms with Crippen LogP contribution in [0.5, 0.6) is 0 Å². The summed E-state index contributed by atoms with van der Waals surface area (Å²) in [7, 11) is 0. The zero-order valence-corrected chi connectivity index (χ0v) is 18.5. The molecule has 160 valence electrons. The second kappa shape index (κ2) is 9.20. The van der Waals surface area contributed by atoms with Crippen LogP contribution in [0, 0.1) is 0 Å². The van der Waals surface area contributed by atoms with Gasteiger partial charge in [-0.15, -0.1) is 10.2 Å². The number of Topliss-reactive ketones (excluding diaryl/α,β-unsaturated/α-hetero) is 1. The molecule has 1 aromatic heterocycles. The summed E-state index contributed by atoms with van der Waals surface area (Å²) in [5.74, 6) is 1.04. The Morgan fingerprint density at radius 2 is 1.87 bits per heavy atom. The lowest BCUT2D eigenvalue weighted by Gasteiger charge is -2.18. The number of nitrogens with zero attached hydrogens (tertiary/aromatic N) is 4. The van der Waals surface area contributed by atoms with Gasteiger partial charge in [-0.1, -0.05) is 36.0 Å². The van der Waals surface area contributed by atoms with E-state index in [0.29, 0.717) is 18.2 Å². The molecule has 0 bridgehead atoms. The SMILES string of the molecule is CC(=O)NCCc1ccc(C(=O)C(C)Sc2nnc(N3CCCC3)n2C2CC2)cc1. The number of aromatic nitrogens is 3. The van der Waals surface area contributed by atoms with E-state index in [4.69, 9.17) is 0 Å². The fourth-order valence-corrected chi connectivity index (χ4v) is 4.79. The third kappa shape index (κ3) is 4.86. The zero-order valence-electron chi connectivity index (χ0n) is 17.6. The van der Waals surface area contributed by atoms with Gasteiger partial charge in [0.2, 0.25) is 11.9 Å². The molecule has 2 fully saturated rings. The first-order chi connectivity index (χ1) is 14.5. The molecule has 1 unspecified atom stereocenters. The van der Waals surface area contributed by atoms with Gasteiger partial charge < -0.3 is 10.2 Å². The largest absolute Gasteiger partial charge is 0.356 e. The van der Waals surface area contributed by atoms with Gasteiger partial charge in [-0.2, -0.15) is 0 Å². The van der Waals surface area contributed by atoms with Crippen molar-refractivity contribution in [2.75, 3.05) is 24.5 Å². The average Bonchev–Trinajstić information content (AvgIpc) is 3.25. The molecule has 8 heteroatoms. The Bertz CT molecular complexity index is 901. The van der Waals surface area contributed by atoms with Gasteiger partial charge in [0.15, 0.2) is 10.9 Å². The Kier molecular flexibility index (Phi) is 6.41. The number of hydrogen-bond donors (Lipinski definition) is 1. The molecular formula is C22H29N5O2S. The first-order valence-electron chi connectivity index (χ1n) is 10.8. The van der Waals surface area contributed by atoms with Crippen molar-refractivity contribution in [3.8, 4) is 0 Å². The van der Waals surface area contributed by atoms with Gasteiger partial charge in [0, 0.05) is 38.2 Å².